The van der Waals surface area contributed by atoms with Gasteiger partial charge in [-0.25, -0.2) is 9.97 Å². The van der Waals surface area contributed by atoms with Gasteiger partial charge in [-0.15, -0.1) is 0 Å². The van der Waals surface area contributed by atoms with Gasteiger partial charge in [0.1, 0.15) is 6.10 Å². The second kappa shape index (κ2) is 7.71. The number of aromatic nitrogens is 4. The number of hydrogen-bond donors (Lipinski definition) is 1. The molecule has 1 fully saturated rings. The van der Waals surface area contributed by atoms with Crippen molar-refractivity contribution in [3.8, 4) is 11.3 Å². The van der Waals surface area contributed by atoms with Crippen molar-refractivity contribution < 1.29 is 9.26 Å². The first-order valence-electron chi connectivity index (χ1n) is 8.98. The summed E-state index contributed by atoms with van der Waals surface area (Å²) in [7, 11) is 4.04. The number of nitrogens with zero attached hydrogens (tertiary/aromatic N) is 5. The molecule has 140 valence electrons. The summed E-state index contributed by atoms with van der Waals surface area (Å²) in [5, 5.41) is 7.14. The highest BCUT2D eigenvalue weighted by Gasteiger charge is 2.23. The van der Waals surface area contributed by atoms with E-state index in [2.05, 4.69) is 54.6 Å². The minimum atomic E-state index is -0.0732. The maximum absolute atomic E-state index is 5.56. The van der Waals surface area contributed by atoms with Gasteiger partial charge in [-0.2, -0.15) is 4.98 Å². The summed E-state index contributed by atoms with van der Waals surface area (Å²) in [6.45, 7) is 1.13. The highest BCUT2D eigenvalue weighted by atomic mass is 16.5. The van der Waals surface area contributed by atoms with Gasteiger partial charge >= 0.3 is 0 Å². The van der Waals surface area contributed by atoms with E-state index < -0.39 is 0 Å². The molecule has 0 spiro atoms. The van der Waals surface area contributed by atoms with Crippen LogP contribution in [0.1, 0.15) is 30.7 Å². The average molecular weight is 366 g/mol. The standard InChI is InChI=1S/C19H22N6O2/c1-25(2)14-7-5-13(6-8-14)15-9-10-20-19(22-15)21-12-17-23-18(27-24-17)16-4-3-11-26-16/h5-10,16H,3-4,11-12H2,1-2H3,(H,20,21,22). The SMILES string of the molecule is CN(C)c1ccc(-c2ccnc(NCc3noc(C4CCCO4)n3)n2)cc1. The zero-order valence-electron chi connectivity index (χ0n) is 15.4. The van der Waals surface area contributed by atoms with Gasteiger partial charge in [0.15, 0.2) is 5.82 Å². The Labute approximate surface area is 157 Å². The zero-order chi connectivity index (χ0) is 18.6. The molecule has 1 aliphatic rings. The van der Waals surface area contributed by atoms with Crippen molar-refractivity contribution in [1.82, 2.24) is 20.1 Å². The second-order valence-electron chi connectivity index (χ2n) is 6.61. The van der Waals surface area contributed by atoms with Crippen molar-refractivity contribution in [3.63, 3.8) is 0 Å². The minimum absolute atomic E-state index is 0.0732. The van der Waals surface area contributed by atoms with Gasteiger partial charge in [0.25, 0.3) is 5.89 Å². The third kappa shape index (κ3) is 4.06. The molecular formula is C19H22N6O2. The molecular weight excluding hydrogens is 344 g/mol. The Bertz CT molecular complexity index is 887. The van der Waals surface area contributed by atoms with Gasteiger partial charge in [0.2, 0.25) is 5.95 Å². The minimum Gasteiger partial charge on any atom is -0.378 e. The van der Waals surface area contributed by atoms with E-state index in [0.717, 1.165) is 36.4 Å². The fraction of sp³-hybridized carbons (Fsp3) is 0.368. The van der Waals surface area contributed by atoms with E-state index in [9.17, 15) is 0 Å². The first-order chi connectivity index (χ1) is 13.2. The van der Waals surface area contributed by atoms with Crippen LogP contribution in [0, 0.1) is 0 Å². The predicted molar refractivity (Wildman–Crippen MR) is 101 cm³/mol. The van der Waals surface area contributed by atoms with Gasteiger partial charge in [0.05, 0.1) is 12.2 Å². The van der Waals surface area contributed by atoms with Crippen molar-refractivity contribution in [2.45, 2.75) is 25.5 Å². The molecule has 8 heteroatoms. The van der Waals surface area contributed by atoms with E-state index in [1.54, 1.807) is 6.20 Å². The fourth-order valence-electron chi connectivity index (χ4n) is 2.94. The number of benzene rings is 1. The second-order valence-corrected chi connectivity index (χ2v) is 6.61. The third-order valence-electron chi connectivity index (χ3n) is 4.43. The van der Waals surface area contributed by atoms with Crippen LogP contribution in [0.4, 0.5) is 11.6 Å². The van der Waals surface area contributed by atoms with Crippen LogP contribution in [0.2, 0.25) is 0 Å². The van der Waals surface area contributed by atoms with Crippen molar-refractivity contribution >= 4 is 11.6 Å². The Hall–Kier alpha value is -3.00. The Morgan fingerprint density at radius 2 is 2.00 bits per heavy atom. The lowest BCUT2D eigenvalue weighted by Crippen LogP contribution is -2.08. The number of hydrogen-bond acceptors (Lipinski definition) is 8. The summed E-state index contributed by atoms with van der Waals surface area (Å²) in [4.78, 5) is 15.3. The summed E-state index contributed by atoms with van der Waals surface area (Å²) in [5.74, 6) is 1.62. The quantitative estimate of drug-likeness (QED) is 0.712. The molecule has 0 amide bonds. The van der Waals surface area contributed by atoms with Crippen molar-refractivity contribution in [1.29, 1.82) is 0 Å². The first kappa shape index (κ1) is 17.4. The van der Waals surface area contributed by atoms with Gasteiger partial charge < -0.3 is 19.5 Å². The number of anilines is 2. The van der Waals surface area contributed by atoms with Gasteiger partial charge in [0, 0.05) is 38.1 Å². The van der Waals surface area contributed by atoms with E-state index in [-0.39, 0.29) is 6.10 Å². The Morgan fingerprint density at radius 3 is 2.74 bits per heavy atom. The summed E-state index contributed by atoms with van der Waals surface area (Å²) in [5.41, 5.74) is 3.03. The maximum atomic E-state index is 5.56. The van der Waals surface area contributed by atoms with Crippen LogP contribution in [-0.2, 0) is 11.3 Å². The first-order valence-corrected chi connectivity index (χ1v) is 8.98. The van der Waals surface area contributed by atoms with E-state index in [1.807, 2.05) is 20.2 Å². The third-order valence-corrected chi connectivity index (χ3v) is 4.43. The molecule has 1 atom stereocenters. The van der Waals surface area contributed by atoms with Gasteiger partial charge in [-0.3, -0.25) is 0 Å². The summed E-state index contributed by atoms with van der Waals surface area (Å²) >= 11 is 0. The van der Waals surface area contributed by atoms with E-state index in [1.165, 1.54) is 0 Å². The molecule has 2 aromatic heterocycles. The molecule has 0 bridgehead atoms. The van der Waals surface area contributed by atoms with Gasteiger partial charge in [-0.1, -0.05) is 17.3 Å². The number of nitrogens with one attached hydrogen (secondary N) is 1. The Balaban J connectivity index is 1.42. The lowest BCUT2D eigenvalue weighted by molar-refractivity contribution is 0.0835. The molecule has 27 heavy (non-hydrogen) atoms. The maximum Gasteiger partial charge on any atom is 0.255 e. The molecule has 0 radical (unpaired) electrons. The molecule has 8 nitrogen and oxygen atoms in total. The Morgan fingerprint density at radius 1 is 1.15 bits per heavy atom. The normalized spacial score (nSPS) is 16.4. The number of rotatable bonds is 6. The molecule has 1 saturated heterocycles. The summed E-state index contributed by atoms with van der Waals surface area (Å²) in [6.07, 6.45) is 3.61. The van der Waals surface area contributed by atoms with Crippen molar-refractivity contribution in [2.75, 3.05) is 30.9 Å². The zero-order valence-corrected chi connectivity index (χ0v) is 15.4. The fourth-order valence-corrected chi connectivity index (χ4v) is 2.94. The molecule has 3 heterocycles. The monoisotopic (exact) mass is 366 g/mol. The van der Waals surface area contributed by atoms with Crippen molar-refractivity contribution in [3.05, 3.63) is 48.2 Å². The van der Waals surface area contributed by atoms with Crippen LogP contribution in [0.15, 0.2) is 41.1 Å². The number of ether oxygens (including phenoxy) is 1. The smallest absolute Gasteiger partial charge is 0.255 e. The van der Waals surface area contributed by atoms with E-state index in [4.69, 9.17) is 9.26 Å². The molecule has 1 aliphatic heterocycles. The van der Waals surface area contributed by atoms with Crippen LogP contribution >= 0.6 is 0 Å². The lowest BCUT2D eigenvalue weighted by atomic mass is 10.1. The van der Waals surface area contributed by atoms with Crippen LogP contribution < -0.4 is 10.2 Å². The topological polar surface area (TPSA) is 89.2 Å². The van der Waals surface area contributed by atoms with E-state index in [0.29, 0.717) is 24.2 Å². The molecule has 3 aromatic rings. The van der Waals surface area contributed by atoms with Crippen LogP contribution in [0.3, 0.4) is 0 Å². The van der Waals surface area contributed by atoms with Crippen molar-refractivity contribution in [2.24, 2.45) is 0 Å². The Kier molecular flexibility index (Phi) is 4.97. The predicted octanol–water partition coefficient (Wildman–Crippen LogP) is 3.06. The molecule has 0 saturated carbocycles. The molecule has 1 unspecified atom stereocenters. The highest BCUT2D eigenvalue weighted by molar-refractivity contribution is 5.63. The van der Waals surface area contributed by atoms with E-state index >= 15 is 0 Å². The van der Waals surface area contributed by atoms with Crippen LogP contribution in [-0.4, -0.2) is 40.8 Å². The molecule has 1 N–H and O–H groups in total. The average Bonchev–Trinajstić information content (AvgIpc) is 3.38. The summed E-state index contributed by atoms with van der Waals surface area (Å²) in [6, 6.07) is 10.1. The van der Waals surface area contributed by atoms with Crippen LogP contribution in [0.5, 0.6) is 0 Å². The lowest BCUT2D eigenvalue weighted by Gasteiger charge is -2.12. The highest BCUT2D eigenvalue weighted by Crippen LogP contribution is 2.27. The molecule has 1 aromatic carbocycles. The molecule has 0 aliphatic carbocycles. The summed E-state index contributed by atoms with van der Waals surface area (Å²) < 4.78 is 10.8. The largest absolute Gasteiger partial charge is 0.378 e. The van der Waals surface area contributed by atoms with Gasteiger partial charge in [-0.05, 0) is 31.0 Å². The van der Waals surface area contributed by atoms with Crippen LogP contribution in [0.25, 0.3) is 11.3 Å². The molecule has 4 rings (SSSR count).